The Morgan fingerprint density at radius 1 is 0.905 bits per heavy atom. The maximum atomic E-state index is 5.98. The summed E-state index contributed by atoms with van der Waals surface area (Å²) >= 11 is 13.6. The number of rotatable bonds is 2. The Morgan fingerprint density at radius 2 is 1.43 bits per heavy atom. The zero-order chi connectivity index (χ0) is 14.8. The molecule has 0 amide bonds. The number of amidine groups is 1. The van der Waals surface area contributed by atoms with E-state index < -0.39 is 0 Å². The molecule has 0 fully saturated rings. The average Bonchev–Trinajstić information content (AvgIpc) is 2.93. The highest BCUT2D eigenvalue weighted by Crippen LogP contribution is 2.38. The molecule has 0 aromatic heterocycles. The van der Waals surface area contributed by atoms with Crippen LogP contribution in [-0.2, 0) is 0 Å². The molecule has 2 nitrogen and oxygen atoms in total. The summed E-state index contributed by atoms with van der Waals surface area (Å²) in [5.74, 6) is 0. The average molecular weight is 337 g/mol. The van der Waals surface area contributed by atoms with Gasteiger partial charge >= 0.3 is 0 Å². The van der Waals surface area contributed by atoms with Crippen molar-refractivity contribution < 1.29 is 0 Å². The number of nitrogens with one attached hydrogen (secondary N) is 1. The van der Waals surface area contributed by atoms with Crippen LogP contribution in [0.15, 0.2) is 53.5 Å². The van der Waals surface area contributed by atoms with Crippen molar-refractivity contribution in [1.29, 1.82) is 0 Å². The molecule has 2 aromatic carbocycles. The van der Waals surface area contributed by atoms with E-state index in [1.165, 1.54) is 5.56 Å². The van der Waals surface area contributed by atoms with Crippen LogP contribution in [0.1, 0.15) is 23.2 Å². The Kier molecular flexibility index (Phi) is 4.43. The third-order valence-electron chi connectivity index (χ3n) is 3.49. The third kappa shape index (κ3) is 3.20. The molecule has 1 aliphatic rings. The molecule has 21 heavy (non-hydrogen) atoms. The molecule has 2 atom stereocenters. The summed E-state index contributed by atoms with van der Waals surface area (Å²) in [6.45, 7) is 0. The fourth-order valence-electron chi connectivity index (χ4n) is 2.42. The number of nitrogens with zero attached hydrogens (tertiary/aromatic N) is 1. The molecular weight excluding hydrogens is 323 g/mol. The van der Waals surface area contributed by atoms with Crippen molar-refractivity contribution in [2.75, 3.05) is 6.26 Å². The van der Waals surface area contributed by atoms with Crippen LogP contribution in [0.5, 0.6) is 0 Å². The van der Waals surface area contributed by atoms with E-state index in [1.54, 1.807) is 11.8 Å². The zero-order valence-corrected chi connectivity index (χ0v) is 13.7. The van der Waals surface area contributed by atoms with Crippen LogP contribution < -0.4 is 5.32 Å². The summed E-state index contributed by atoms with van der Waals surface area (Å²) in [4.78, 5) is 4.78. The highest BCUT2D eigenvalue weighted by Gasteiger charge is 2.30. The van der Waals surface area contributed by atoms with Crippen molar-refractivity contribution in [3.63, 3.8) is 0 Å². The van der Waals surface area contributed by atoms with E-state index in [-0.39, 0.29) is 12.1 Å². The molecule has 0 unspecified atom stereocenters. The maximum Gasteiger partial charge on any atom is 0.157 e. The lowest BCUT2D eigenvalue weighted by Gasteiger charge is -2.19. The van der Waals surface area contributed by atoms with E-state index >= 15 is 0 Å². The minimum atomic E-state index is 0.0471. The minimum Gasteiger partial charge on any atom is -0.356 e. The zero-order valence-electron chi connectivity index (χ0n) is 11.4. The number of hydrogen-bond donors (Lipinski definition) is 1. The quantitative estimate of drug-likeness (QED) is 0.825. The second-order valence-electron chi connectivity index (χ2n) is 4.81. The van der Waals surface area contributed by atoms with Gasteiger partial charge in [-0.25, -0.2) is 0 Å². The first-order valence-corrected chi connectivity index (χ1v) is 8.54. The van der Waals surface area contributed by atoms with E-state index in [4.69, 9.17) is 28.2 Å². The standard InChI is InChI=1S/C16H14Cl2N2S/c1-21-16-19-14(10-2-6-12(17)7-3-10)15(20-16)11-4-8-13(18)9-5-11/h2-9,14-15H,1H3,(H,19,20)/t14-,15+. The van der Waals surface area contributed by atoms with Crippen molar-refractivity contribution in [3.8, 4) is 0 Å². The molecule has 108 valence electrons. The van der Waals surface area contributed by atoms with Crippen molar-refractivity contribution in [1.82, 2.24) is 5.32 Å². The van der Waals surface area contributed by atoms with Gasteiger partial charge in [-0.15, -0.1) is 0 Å². The van der Waals surface area contributed by atoms with Gasteiger partial charge in [-0.05, 0) is 41.6 Å². The van der Waals surface area contributed by atoms with Gasteiger partial charge in [0.25, 0.3) is 0 Å². The van der Waals surface area contributed by atoms with E-state index in [2.05, 4.69) is 5.32 Å². The van der Waals surface area contributed by atoms with Crippen LogP contribution in [0.4, 0.5) is 0 Å². The molecule has 1 N–H and O–H groups in total. The highest BCUT2D eigenvalue weighted by atomic mass is 35.5. The number of aliphatic imine (C=N–C) groups is 1. The highest BCUT2D eigenvalue weighted by molar-refractivity contribution is 8.13. The fourth-order valence-corrected chi connectivity index (χ4v) is 3.14. The Balaban J connectivity index is 1.95. The lowest BCUT2D eigenvalue weighted by molar-refractivity contribution is 0.573. The number of benzene rings is 2. The summed E-state index contributed by atoms with van der Waals surface area (Å²) in [5, 5.41) is 5.91. The first-order chi connectivity index (χ1) is 10.2. The van der Waals surface area contributed by atoms with Crippen molar-refractivity contribution in [2.24, 2.45) is 4.99 Å². The lowest BCUT2D eigenvalue weighted by Crippen LogP contribution is -2.22. The predicted molar refractivity (Wildman–Crippen MR) is 92.5 cm³/mol. The Labute approximate surface area is 138 Å². The van der Waals surface area contributed by atoms with Crippen LogP contribution in [0, 0.1) is 0 Å². The van der Waals surface area contributed by atoms with Gasteiger partial charge in [0, 0.05) is 10.0 Å². The van der Waals surface area contributed by atoms with Crippen molar-refractivity contribution in [2.45, 2.75) is 12.1 Å². The smallest absolute Gasteiger partial charge is 0.157 e. The van der Waals surface area contributed by atoms with Crippen LogP contribution >= 0.6 is 35.0 Å². The van der Waals surface area contributed by atoms with Crippen molar-refractivity contribution in [3.05, 3.63) is 69.7 Å². The molecule has 0 radical (unpaired) electrons. The van der Waals surface area contributed by atoms with Gasteiger partial charge in [-0.2, -0.15) is 0 Å². The number of halogens is 2. The Bertz CT molecular complexity index is 653. The van der Waals surface area contributed by atoms with Crippen molar-refractivity contribution >= 4 is 40.1 Å². The summed E-state index contributed by atoms with van der Waals surface area (Å²) in [7, 11) is 0. The Morgan fingerprint density at radius 3 is 1.95 bits per heavy atom. The molecule has 0 spiro atoms. The monoisotopic (exact) mass is 336 g/mol. The van der Waals surface area contributed by atoms with Gasteiger partial charge in [0.1, 0.15) is 6.04 Å². The van der Waals surface area contributed by atoms with Gasteiger partial charge in [0.05, 0.1) is 6.04 Å². The largest absolute Gasteiger partial charge is 0.356 e. The molecule has 0 aliphatic carbocycles. The normalized spacial score (nSPS) is 21.0. The first kappa shape index (κ1) is 14.8. The van der Waals surface area contributed by atoms with Gasteiger partial charge < -0.3 is 5.32 Å². The molecular formula is C16H14Cl2N2S. The molecule has 5 heteroatoms. The third-order valence-corrected chi connectivity index (χ3v) is 4.60. The van der Waals surface area contributed by atoms with Crippen LogP contribution in [-0.4, -0.2) is 11.4 Å². The summed E-state index contributed by atoms with van der Waals surface area (Å²) < 4.78 is 0. The molecule has 2 aromatic rings. The number of hydrogen-bond acceptors (Lipinski definition) is 3. The van der Waals surface area contributed by atoms with Gasteiger partial charge in [0.15, 0.2) is 5.17 Å². The maximum absolute atomic E-state index is 5.98. The van der Waals surface area contributed by atoms with E-state index in [0.29, 0.717) is 0 Å². The predicted octanol–water partition coefficient (Wildman–Crippen LogP) is 5.10. The first-order valence-electron chi connectivity index (χ1n) is 6.56. The molecule has 0 bridgehead atoms. The molecule has 3 rings (SSSR count). The second kappa shape index (κ2) is 6.30. The van der Waals surface area contributed by atoms with Gasteiger partial charge in [0.2, 0.25) is 0 Å². The van der Waals surface area contributed by atoms with Crippen LogP contribution in [0.25, 0.3) is 0 Å². The molecule has 1 heterocycles. The summed E-state index contributed by atoms with van der Waals surface area (Å²) in [5.41, 5.74) is 2.32. The molecule has 0 saturated heterocycles. The van der Waals surface area contributed by atoms with Gasteiger partial charge in [-0.3, -0.25) is 4.99 Å². The lowest BCUT2D eigenvalue weighted by atomic mass is 9.95. The minimum absolute atomic E-state index is 0.0471. The SMILES string of the molecule is CSC1=N[C@@H](c2ccc(Cl)cc2)[C@@H](c2ccc(Cl)cc2)N1. The van der Waals surface area contributed by atoms with Crippen LogP contribution in [0.3, 0.4) is 0 Å². The van der Waals surface area contributed by atoms with E-state index in [0.717, 1.165) is 20.8 Å². The second-order valence-corrected chi connectivity index (χ2v) is 6.48. The van der Waals surface area contributed by atoms with E-state index in [1.807, 2.05) is 54.8 Å². The van der Waals surface area contributed by atoms with Crippen LogP contribution in [0.2, 0.25) is 10.0 Å². The molecule has 0 saturated carbocycles. The van der Waals surface area contributed by atoms with Gasteiger partial charge in [-0.1, -0.05) is 59.2 Å². The van der Waals surface area contributed by atoms with E-state index in [9.17, 15) is 0 Å². The summed E-state index contributed by atoms with van der Waals surface area (Å²) in [6.07, 6.45) is 2.02. The molecule has 1 aliphatic heterocycles. The summed E-state index contributed by atoms with van der Waals surface area (Å²) in [6, 6.07) is 15.9. The fraction of sp³-hybridized carbons (Fsp3) is 0.188. The number of thioether (sulfide) groups is 1. The Hall–Kier alpha value is -1.16. The topological polar surface area (TPSA) is 24.4 Å².